The largest absolute Gasteiger partial charge is 0.363 e. The molecule has 0 saturated heterocycles. The van der Waals surface area contributed by atoms with Crippen LogP contribution in [0, 0.1) is 0 Å². The van der Waals surface area contributed by atoms with Gasteiger partial charge < -0.3 is 4.90 Å². The number of carbonyl (C=O) groups is 1. The lowest BCUT2D eigenvalue weighted by molar-refractivity contribution is 0.0955. The van der Waals surface area contributed by atoms with Crippen molar-refractivity contribution >= 4 is 29.4 Å². The molecule has 27 heavy (non-hydrogen) atoms. The molecule has 3 aromatic rings. The lowest BCUT2D eigenvalue weighted by Crippen LogP contribution is -2.19. The van der Waals surface area contributed by atoms with Gasteiger partial charge in [-0.05, 0) is 47.0 Å². The Hall–Kier alpha value is -3.11. The van der Waals surface area contributed by atoms with Crippen molar-refractivity contribution in [2.75, 3.05) is 4.90 Å². The third kappa shape index (κ3) is 4.01. The van der Waals surface area contributed by atoms with Gasteiger partial charge in [-0.15, -0.1) is 0 Å². The molecule has 134 valence electrons. The molecule has 0 unspecified atom stereocenters. The van der Waals surface area contributed by atoms with Crippen LogP contribution in [0.1, 0.15) is 27.0 Å². The minimum absolute atomic E-state index is 0.237. The first-order valence-electron chi connectivity index (χ1n) is 8.70. The number of nitrogens with one attached hydrogen (secondary N) is 1. The fourth-order valence-electron chi connectivity index (χ4n) is 3.14. The number of anilines is 1. The highest BCUT2D eigenvalue weighted by Crippen LogP contribution is 2.28. The molecule has 5 heteroatoms. The molecule has 1 aliphatic heterocycles. The summed E-state index contributed by atoms with van der Waals surface area (Å²) in [6.07, 6.45) is 1.59. The number of carbonyl (C=O) groups excluding carboxylic acids is 1. The molecule has 0 spiro atoms. The van der Waals surface area contributed by atoms with Crippen molar-refractivity contribution in [1.29, 1.82) is 0 Å². The molecule has 0 atom stereocenters. The zero-order valence-electron chi connectivity index (χ0n) is 14.6. The zero-order valence-corrected chi connectivity index (χ0v) is 15.4. The molecule has 0 aliphatic carbocycles. The quantitative estimate of drug-likeness (QED) is 0.534. The van der Waals surface area contributed by atoms with E-state index in [0.717, 1.165) is 24.3 Å². The molecular formula is C22H18ClN3O. The molecule has 1 N–H and O–H groups in total. The van der Waals surface area contributed by atoms with E-state index in [0.29, 0.717) is 10.6 Å². The highest BCUT2D eigenvalue weighted by atomic mass is 35.5. The number of halogens is 1. The summed E-state index contributed by atoms with van der Waals surface area (Å²) in [5, 5.41) is 4.69. The van der Waals surface area contributed by atoms with Gasteiger partial charge in [0, 0.05) is 29.4 Å². The SMILES string of the molecule is O=C(N/N=C\c1ccc(Cl)cc1)c1cccc(N2Cc3ccccc3C2)c1. The van der Waals surface area contributed by atoms with E-state index >= 15 is 0 Å². The van der Waals surface area contributed by atoms with E-state index in [1.807, 2.05) is 30.3 Å². The smallest absolute Gasteiger partial charge is 0.271 e. The van der Waals surface area contributed by atoms with Crippen LogP contribution in [0.15, 0.2) is 77.9 Å². The first-order chi connectivity index (χ1) is 13.2. The summed E-state index contributed by atoms with van der Waals surface area (Å²) in [7, 11) is 0. The van der Waals surface area contributed by atoms with Crippen molar-refractivity contribution in [3.8, 4) is 0 Å². The number of hydrogen-bond donors (Lipinski definition) is 1. The molecule has 0 radical (unpaired) electrons. The van der Waals surface area contributed by atoms with Gasteiger partial charge in [-0.3, -0.25) is 4.79 Å². The summed E-state index contributed by atoms with van der Waals surface area (Å²) in [5.41, 5.74) is 7.72. The van der Waals surface area contributed by atoms with E-state index in [1.165, 1.54) is 11.1 Å². The van der Waals surface area contributed by atoms with Crippen LogP contribution in [-0.4, -0.2) is 12.1 Å². The number of benzene rings is 3. The van der Waals surface area contributed by atoms with E-state index in [4.69, 9.17) is 11.6 Å². The van der Waals surface area contributed by atoms with Gasteiger partial charge >= 0.3 is 0 Å². The Kier molecular flexibility index (Phi) is 4.90. The molecule has 1 aliphatic rings. The normalized spacial score (nSPS) is 13.0. The zero-order chi connectivity index (χ0) is 18.6. The van der Waals surface area contributed by atoms with Gasteiger partial charge in [0.25, 0.3) is 5.91 Å². The molecule has 0 fully saturated rings. The number of fused-ring (bicyclic) bond motifs is 1. The van der Waals surface area contributed by atoms with E-state index in [1.54, 1.807) is 24.4 Å². The van der Waals surface area contributed by atoms with Crippen molar-refractivity contribution in [3.63, 3.8) is 0 Å². The van der Waals surface area contributed by atoms with Gasteiger partial charge in [0.2, 0.25) is 0 Å². The molecule has 0 bridgehead atoms. The molecular weight excluding hydrogens is 358 g/mol. The summed E-state index contributed by atoms with van der Waals surface area (Å²) in [6.45, 7) is 1.71. The van der Waals surface area contributed by atoms with Crippen LogP contribution in [0.3, 0.4) is 0 Å². The van der Waals surface area contributed by atoms with Gasteiger partial charge in [-0.2, -0.15) is 5.10 Å². The third-order valence-electron chi connectivity index (χ3n) is 4.56. The molecule has 4 nitrogen and oxygen atoms in total. The van der Waals surface area contributed by atoms with E-state index in [9.17, 15) is 4.79 Å². The Bertz CT molecular complexity index is 973. The van der Waals surface area contributed by atoms with Crippen LogP contribution in [-0.2, 0) is 13.1 Å². The van der Waals surface area contributed by atoms with Crippen LogP contribution >= 0.6 is 11.6 Å². The van der Waals surface area contributed by atoms with Crippen LogP contribution in [0.2, 0.25) is 5.02 Å². The fourth-order valence-corrected chi connectivity index (χ4v) is 3.26. The number of nitrogens with zero attached hydrogens (tertiary/aromatic N) is 2. The van der Waals surface area contributed by atoms with Crippen molar-refractivity contribution in [2.24, 2.45) is 5.10 Å². The van der Waals surface area contributed by atoms with Gasteiger partial charge in [0.05, 0.1) is 6.21 Å². The van der Waals surface area contributed by atoms with Crippen LogP contribution in [0.4, 0.5) is 5.69 Å². The fraction of sp³-hybridized carbons (Fsp3) is 0.0909. The number of rotatable bonds is 4. The number of hydrazone groups is 1. The number of hydrogen-bond acceptors (Lipinski definition) is 3. The van der Waals surface area contributed by atoms with Crippen molar-refractivity contribution < 1.29 is 4.79 Å². The molecule has 0 saturated carbocycles. The van der Waals surface area contributed by atoms with Gasteiger partial charge in [-0.25, -0.2) is 5.43 Å². The molecule has 1 heterocycles. The first-order valence-corrected chi connectivity index (χ1v) is 9.07. The third-order valence-corrected chi connectivity index (χ3v) is 4.82. The maximum Gasteiger partial charge on any atom is 0.271 e. The molecule has 1 amide bonds. The minimum Gasteiger partial charge on any atom is -0.363 e. The molecule has 0 aromatic heterocycles. The van der Waals surface area contributed by atoms with Crippen molar-refractivity contribution in [1.82, 2.24) is 5.43 Å². The number of amides is 1. The predicted molar refractivity (Wildman–Crippen MR) is 109 cm³/mol. The Labute approximate surface area is 163 Å². The highest BCUT2D eigenvalue weighted by molar-refractivity contribution is 6.30. The topological polar surface area (TPSA) is 44.7 Å². The van der Waals surface area contributed by atoms with Gasteiger partial charge in [0.15, 0.2) is 0 Å². The predicted octanol–water partition coefficient (Wildman–Crippen LogP) is 4.62. The van der Waals surface area contributed by atoms with Crippen molar-refractivity contribution in [3.05, 3.63) is 100 Å². The Morgan fingerprint density at radius 2 is 1.67 bits per heavy atom. The summed E-state index contributed by atoms with van der Waals surface area (Å²) in [6, 6.07) is 23.3. The summed E-state index contributed by atoms with van der Waals surface area (Å²) in [4.78, 5) is 14.7. The monoisotopic (exact) mass is 375 g/mol. The van der Waals surface area contributed by atoms with Crippen LogP contribution in [0.25, 0.3) is 0 Å². The lowest BCUT2D eigenvalue weighted by atomic mass is 10.1. The Morgan fingerprint density at radius 1 is 0.963 bits per heavy atom. The molecule has 4 rings (SSSR count). The Balaban J connectivity index is 1.43. The van der Waals surface area contributed by atoms with E-state index in [-0.39, 0.29) is 5.91 Å². The van der Waals surface area contributed by atoms with Crippen LogP contribution < -0.4 is 10.3 Å². The second-order valence-electron chi connectivity index (χ2n) is 6.43. The highest BCUT2D eigenvalue weighted by Gasteiger charge is 2.19. The maximum atomic E-state index is 12.4. The standard InChI is InChI=1S/C22H18ClN3O/c23-20-10-8-16(9-11-20)13-24-25-22(27)17-6-3-7-21(12-17)26-14-18-4-1-2-5-19(18)15-26/h1-13H,14-15H2,(H,25,27)/b24-13-. The van der Waals surface area contributed by atoms with Crippen LogP contribution in [0.5, 0.6) is 0 Å². The first kappa shape index (κ1) is 17.3. The van der Waals surface area contributed by atoms with Crippen molar-refractivity contribution in [2.45, 2.75) is 13.1 Å². The summed E-state index contributed by atoms with van der Waals surface area (Å²) in [5.74, 6) is -0.237. The van der Waals surface area contributed by atoms with Gasteiger partial charge in [-0.1, -0.05) is 54.1 Å². The molecule has 3 aromatic carbocycles. The van der Waals surface area contributed by atoms with E-state index in [2.05, 4.69) is 39.7 Å². The summed E-state index contributed by atoms with van der Waals surface area (Å²) >= 11 is 5.86. The summed E-state index contributed by atoms with van der Waals surface area (Å²) < 4.78 is 0. The lowest BCUT2D eigenvalue weighted by Gasteiger charge is -2.18. The average molecular weight is 376 g/mol. The average Bonchev–Trinajstić information content (AvgIpc) is 3.14. The minimum atomic E-state index is -0.237. The maximum absolute atomic E-state index is 12.4. The Morgan fingerprint density at radius 3 is 2.37 bits per heavy atom. The second kappa shape index (κ2) is 7.64. The van der Waals surface area contributed by atoms with E-state index < -0.39 is 0 Å². The second-order valence-corrected chi connectivity index (χ2v) is 6.86. The van der Waals surface area contributed by atoms with Gasteiger partial charge in [0.1, 0.15) is 0 Å².